The number of likely N-dealkylation sites (tertiary alicyclic amines) is 2. The molecule has 0 spiro atoms. The molecule has 360 valence electrons. The van der Waals surface area contributed by atoms with Crippen molar-refractivity contribution in [3.8, 4) is 45.3 Å². The molecular formula is C56H50ClF3N2O6S2. The van der Waals surface area contributed by atoms with Crippen molar-refractivity contribution >= 4 is 66.0 Å². The number of aromatic hydroxyl groups is 2. The number of fused-ring (bicyclic) bond motifs is 2. The minimum Gasteiger partial charge on any atom is -0.508 e. The molecule has 2 fully saturated rings. The van der Waals surface area contributed by atoms with Gasteiger partial charge in [0, 0.05) is 98.6 Å². The van der Waals surface area contributed by atoms with E-state index in [9.17, 15) is 33.0 Å². The van der Waals surface area contributed by atoms with Crippen LogP contribution < -0.4 is 9.47 Å². The molecule has 2 aromatic heterocycles. The third-order valence-electron chi connectivity index (χ3n) is 12.5. The molecule has 8 nitrogen and oxygen atoms in total. The Kier molecular flexibility index (Phi) is 15.5. The van der Waals surface area contributed by atoms with Crippen molar-refractivity contribution in [2.45, 2.75) is 12.8 Å². The van der Waals surface area contributed by atoms with E-state index in [0.717, 1.165) is 106 Å². The van der Waals surface area contributed by atoms with Crippen LogP contribution in [0.2, 0.25) is 5.02 Å². The Bertz CT molecular complexity index is 2870. The van der Waals surface area contributed by atoms with Crippen LogP contribution in [0, 0.1) is 17.7 Å². The predicted octanol–water partition coefficient (Wildman–Crippen LogP) is 13.1. The van der Waals surface area contributed by atoms with E-state index in [1.54, 1.807) is 48.5 Å². The molecule has 0 bridgehead atoms. The number of rotatable bonds is 18. The normalized spacial score (nSPS) is 14.2. The van der Waals surface area contributed by atoms with Crippen LogP contribution >= 0.6 is 34.3 Å². The molecule has 0 atom stereocenters. The summed E-state index contributed by atoms with van der Waals surface area (Å²) in [4.78, 5) is 32.4. The first-order valence-electron chi connectivity index (χ1n) is 23.2. The summed E-state index contributed by atoms with van der Waals surface area (Å²) >= 11 is 8.69. The number of hydrogen-bond donors (Lipinski definition) is 2. The Morgan fingerprint density at radius 2 is 0.971 bits per heavy atom. The zero-order valence-corrected chi connectivity index (χ0v) is 40.5. The molecule has 0 unspecified atom stereocenters. The number of ketones is 2. The van der Waals surface area contributed by atoms with Crippen LogP contribution in [0.25, 0.3) is 42.4 Å². The molecule has 2 aliphatic rings. The molecule has 6 aromatic carbocycles. The molecule has 8 aromatic rings. The largest absolute Gasteiger partial charge is 0.508 e. The summed E-state index contributed by atoms with van der Waals surface area (Å²) in [6, 6.07) is 38.0. The lowest BCUT2D eigenvalue weighted by Crippen LogP contribution is -2.48. The van der Waals surface area contributed by atoms with Gasteiger partial charge in [-0.05, 0) is 133 Å². The van der Waals surface area contributed by atoms with Crippen LogP contribution in [0.5, 0.6) is 23.0 Å². The minimum absolute atomic E-state index is 0.0846. The van der Waals surface area contributed by atoms with Gasteiger partial charge in [-0.15, -0.1) is 22.7 Å². The van der Waals surface area contributed by atoms with Crippen LogP contribution in [0.3, 0.4) is 0 Å². The summed E-state index contributed by atoms with van der Waals surface area (Å²) in [7, 11) is 0. The van der Waals surface area contributed by atoms with Crippen LogP contribution in [-0.4, -0.2) is 97.4 Å². The average Bonchev–Trinajstić information content (AvgIpc) is 3.91. The fourth-order valence-corrected chi connectivity index (χ4v) is 11.4. The SMILES string of the molecule is O=C(c1ccc(Cl)cc1)c1sc2cc(O)ccc2c1-c1ccc(OCCCN2CC(CF)C2)cc1.O=C(c1ccc(F)cc1)c1sc2cc(O)ccc2c1-c1ccc(OCCCN2CC(CF)C2)cc1. The molecule has 0 radical (unpaired) electrons. The third kappa shape index (κ3) is 11.4. The van der Waals surface area contributed by atoms with Gasteiger partial charge >= 0.3 is 0 Å². The van der Waals surface area contributed by atoms with E-state index >= 15 is 0 Å². The summed E-state index contributed by atoms with van der Waals surface area (Å²) in [5.74, 6) is 1.53. The highest BCUT2D eigenvalue weighted by atomic mass is 35.5. The van der Waals surface area contributed by atoms with Gasteiger partial charge in [-0.1, -0.05) is 35.9 Å². The quantitative estimate of drug-likeness (QED) is 0.0648. The molecule has 70 heavy (non-hydrogen) atoms. The number of thiophene rings is 2. The average molecular weight is 1000 g/mol. The fraction of sp³-hybridized carbons (Fsp3) is 0.250. The highest BCUT2D eigenvalue weighted by Crippen LogP contribution is 2.43. The number of phenolic OH excluding ortho intramolecular Hbond substituents is 2. The Labute approximate surface area is 417 Å². The molecule has 0 saturated carbocycles. The van der Waals surface area contributed by atoms with Crippen molar-refractivity contribution in [2.75, 3.05) is 65.8 Å². The number of phenols is 2. The van der Waals surface area contributed by atoms with Crippen LogP contribution in [0.15, 0.2) is 133 Å². The van der Waals surface area contributed by atoms with Crippen molar-refractivity contribution in [1.29, 1.82) is 0 Å². The third-order valence-corrected chi connectivity index (χ3v) is 15.1. The van der Waals surface area contributed by atoms with Crippen molar-refractivity contribution in [1.82, 2.24) is 9.80 Å². The predicted molar refractivity (Wildman–Crippen MR) is 275 cm³/mol. The van der Waals surface area contributed by atoms with Crippen molar-refractivity contribution in [2.24, 2.45) is 11.8 Å². The molecule has 4 heterocycles. The fourth-order valence-electron chi connectivity index (χ4n) is 8.83. The van der Waals surface area contributed by atoms with Gasteiger partial charge in [0.1, 0.15) is 28.8 Å². The molecule has 2 aliphatic heterocycles. The first kappa shape index (κ1) is 48.8. The molecule has 2 N–H and O–H groups in total. The van der Waals surface area contributed by atoms with Gasteiger partial charge in [-0.2, -0.15) is 0 Å². The molecule has 0 amide bonds. The maximum absolute atomic E-state index is 13.4. The lowest BCUT2D eigenvalue weighted by molar-refractivity contribution is 0.0755. The second kappa shape index (κ2) is 22.2. The summed E-state index contributed by atoms with van der Waals surface area (Å²) in [6.45, 7) is 5.86. The van der Waals surface area contributed by atoms with Gasteiger partial charge in [0.15, 0.2) is 0 Å². The van der Waals surface area contributed by atoms with Gasteiger partial charge in [0.2, 0.25) is 11.6 Å². The van der Waals surface area contributed by atoms with Gasteiger partial charge in [0.05, 0.1) is 36.3 Å². The monoisotopic (exact) mass is 1000 g/mol. The number of halogens is 4. The second-order valence-electron chi connectivity index (χ2n) is 17.7. The number of benzene rings is 6. The number of carbonyl (C=O) groups excluding carboxylic acids is 2. The highest BCUT2D eigenvalue weighted by Gasteiger charge is 2.27. The van der Waals surface area contributed by atoms with Gasteiger partial charge in [0.25, 0.3) is 0 Å². The number of ether oxygens (including phenoxy) is 2. The smallest absolute Gasteiger partial charge is 0.203 e. The standard InChI is InChI=1S/C28H25ClFNO3S.C28H25F2NO3S/c29-21-6-2-20(3-7-21)27(33)28-26(24-11-8-22(32)14-25(24)35-28)19-4-9-23(10-5-19)34-13-1-12-31-16-18(15-30)17-31;29-15-18-16-31(17-18)12-1-13-34-23-9-4-19(5-10-23)26-24-11-8-22(32)14-25(24)35-28(26)27(33)20-2-6-21(30)7-3-20/h2*2-11,14,18,32H,1,12-13,15-17H2. The summed E-state index contributed by atoms with van der Waals surface area (Å²) in [5, 5.41) is 22.3. The van der Waals surface area contributed by atoms with E-state index in [-0.39, 0.29) is 48.3 Å². The topological polar surface area (TPSA) is 99.5 Å². The number of nitrogens with zero attached hydrogens (tertiary/aromatic N) is 2. The van der Waals surface area contributed by atoms with E-state index in [1.165, 1.54) is 46.9 Å². The van der Waals surface area contributed by atoms with Crippen LogP contribution in [-0.2, 0) is 0 Å². The molecule has 0 aliphatic carbocycles. The van der Waals surface area contributed by atoms with E-state index in [1.807, 2.05) is 60.7 Å². The first-order valence-corrected chi connectivity index (χ1v) is 25.2. The van der Waals surface area contributed by atoms with Crippen molar-refractivity contribution < 1.29 is 42.4 Å². The summed E-state index contributed by atoms with van der Waals surface area (Å²) in [5.41, 5.74) is 4.36. The summed E-state index contributed by atoms with van der Waals surface area (Å²) in [6.07, 6.45) is 1.76. The van der Waals surface area contributed by atoms with Gasteiger partial charge < -0.3 is 29.5 Å². The lowest BCUT2D eigenvalue weighted by atomic mass is 9.98. The number of hydrogen-bond acceptors (Lipinski definition) is 10. The Morgan fingerprint density at radius 3 is 1.37 bits per heavy atom. The number of carbonyl (C=O) groups is 2. The zero-order chi connectivity index (χ0) is 48.7. The Balaban J connectivity index is 0.000000174. The zero-order valence-electron chi connectivity index (χ0n) is 38.1. The Hall–Kier alpha value is -6.22. The van der Waals surface area contributed by atoms with Crippen LogP contribution in [0.4, 0.5) is 13.2 Å². The molecular weight excluding hydrogens is 953 g/mol. The highest BCUT2D eigenvalue weighted by molar-refractivity contribution is 7.22. The minimum atomic E-state index is -0.396. The Morgan fingerprint density at radius 1 is 0.571 bits per heavy atom. The van der Waals surface area contributed by atoms with Crippen LogP contribution in [0.1, 0.15) is 43.3 Å². The molecule has 14 heteroatoms. The first-order chi connectivity index (χ1) is 34.0. The second-order valence-corrected chi connectivity index (χ2v) is 20.2. The number of alkyl halides is 2. The lowest BCUT2D eigenvalue weighted by Gasteiger charge is -2.37. The maximum Gasteiger partial charge on any atom is 0.203 e. The van der Waals surface area contributed by atoms with Gasteiger partial charge in [-0.25, -0.2) is 4.39 Å². The maximum atomic E-state index is 13.4. The van der Waals surface area contributed by atoms with Gasteiger partial charge in [-0.3, -0.25) is 18.4 Å². The van der Waals surface area contributed by atoms with Crippen molar-refractivity contribution in [3.05, 3.63) is 165 Å². The summed E-state index contributed by atoms with van der Waals surface area (Å²) < 4.78 is 51.9. The van der Waals surface area contributed by atoms with Crippen molar-refractivity contribution in [3.63, 3.8) is 0 Å². The molecule has 2 saturated heterocycles. The van der Waals surface area contributed by atoms with E-state index in [4.69, 9.17) is 21.1 Å². The van der Waals surface area contributed by atoms with E-state index in [0.29, 0.717) is 39.1 Å². The van der Waals surface area contributed by atoms with E-state index in [2.05, 4.69) is 9.80 Å². The van der Waals surface area contributed by atoms with E-state index < -0.39 is 5.82 Å². The molecule has 10 rings (SSSR count).